The van der Waals surface area contributed by atoms with Gasteiger partial charge in [-0.3, -0.25) is 0 Å². The van der Waals surface area contributed by atoms with Crippen molar-refractivity contribution >= 4 is 5.97 Å². The van der Waals surface area contributed by atoms with Gasteiger partial charge in [-0.2, -0.15) is 0 Å². The minimum absolute atomic E-state index is 0. The Balaban J connectivity index is 0. The van der Waals surface area contributed by atoms with Crippen molar-refractivity contribution in [1.82, 2.24) is 0 Å². The Morgan fingerprint density at radius 3 is 2.47 bits per heavy atom. The molecule has 0 saturated carbocycles. The number of carbonyl (C=O) groups excluding carboxylic acids is 1. The molecule has 0 heterocycles. The van der Waals surface area contributed by atoms with Gasteiger partial charge >= 0.3 is 5.97 Å². The molecule has 4 heteroatoms. The highest BCUT2D eigenvalue weighted by Gasteiger charge is 2.10. The van der Waals surface area contributed by atoms with Crippen LogP contribution in [-0.2, 0) is 9.53 Å². The molecule has 0 aliphatic heterocycles. The van der Waals surface area contributed by atoms with Gasteiger partial charge in [-0.05, 0) is 13.8 Å². The van der Waals surface area contributed by atoms with Crippen LogP contribution in [0.5, 0.6) is 0 Å². The van der Waals surface area contributed by atoms with E-state index in [2.05, 4.69) is 21.0 Å². The lowest BCUT2D eigenvalue weighted by Crippen LogP contribution is -3.00. The fourth-order valence-electron chi connectivity index (χ4n) is 1.01. The second kappa shape index (κ2) is 8.74. The van der Waals surface area contributed by atoms with Crippen LogP contribution in [0.25, 0.3) is 0 Å². The maximum atomic E-state index is 10.9. The molecule has 0 atom stereocenters. The van der Waals surface area contributed by atoms with E-state index in [1.54, 1.807) is 13.0 Å². The maximum Gasteiger partial charge on any atom is 0.330 e. The van der Waals surface area contributed by atoms with E-state index < -0.39 is 0 Å². The van der Waals surface area contributed by atoms with Crippen LogP contribution < -0.4 is 12.4 Å². The zero-order valence-electron chi connectivity index (χ0n) is 10.1. The standard InChI is InChI=1S/C11H22NO2.ClH/c1-5-8-11(13)14-10-7-9-12(3,4)6-2;/h5,8H,6-7,9-10H2,1-4H3;1H/q+1;/p-1. The largest absolute Gasteiger partial charge is 1.00 e. The SMILES string of the molecule is CC=CC(=O)OCCC[N+](C)(C)CC.[Cl-]. The topological polar surface area (TPSA) is 26.3 Å². The number of hydrogen-bond donors (Lipinski definition) is 0. The quantitative estimate of drug-likeness (QED) is 0.245. The Kier molecular flexibility index (Phi) is 9.84. The molecule has 0 N–H and O–H groups in total. The first-order valence-electron chi connectivity index (χ1n) is 5.13. The second-order valence-corrected chi connectivity index (χ2v) is 4.00. The van der Waals surface area contributed by atoms with Crippen molar-refractivity contribution in [2.45, 2.75) is 20.3 Å². The predicted molar refractivity (Wildman–Crippen MR) is 57.9 cm³/mol. The average molecular weight is 236 g/mol. The first-order valence-corrected chi connectivity index (χ1v) is 5.13. The molecule has 0 fully saturated rings. The first kappa shape index (κ1) is 16.9. The summed E-state index contributed by atoms with van der Waals surface area (Å²) in [4.78, 5) is 10.9. The summed E-state index contributed by atoms with van der Waals surface area (Å²) in [7, 11) is 4.35. The predicted octanol–water partition coefficient (Wildman–Crippen LogP) is -1.40. The van der Waals surface area contributed by atoms with Gasteiger partial charge in [-0.1, -0.05) is 6.08 Å². The average Bonchev–Trinajstić information content (AvgIpc) is 2.13. The molecule has 0 aliphatic rings. The van der Waals surface area contributed by atoms with Gasteiger partial charge in [0.25, 0.3) is 0 Å². The summed E-state index contributed by atoms with van der Waals surface area (Å²) in [5.74, 6) is -0.241. The highest BCUT2D eigenvalue weighted by Crippen LogP contribution is 1.98. The van der Waals surface area contributed by atoms with Gasteiger partial charge < -0.3 is 21.6 Å². The zero-order valence-corrected chi connectivity index (χ0v) is 10.9. The molecule has 0 amide bonds. The van der Waals surface area contributed by atoms with Gasteiger partial charge in [0.05, 0.1) is 33.8 Å². The van der Waals surface area contributed by atoms with Crippen LogP contribution in [-0.4, -0.2) is 44.2 Å². The molecule has 15 heavy (non-hydrogen) atoms. The number of halogens is 1. The minimum Gasteiger partial charge on any atom is -1.00 e. The van der Waals surface area contributed by atoms with Crippen LogP contribution in [0.3, 0.4) is 0 Å². The van der Waals surface area contributed by atoms with Gasteiger partial charge in [-0.25, -0.2) is 4.79 Å². The summed E-state index contributed by atoms with van der Waals surface area (Å²) < 4.78 is 5.96. The molecule has 0 spiro atoms. The lowest BCUT2D eigenvalue weighted by molar-refractivity contribution is -0.888. The van der Waals surface area contributed by atoms with Crippen molar-refractivity contribution < 1.29 is 26.4 Å². The van der Waals surface area contributed by atoms with E-state index in [9.17, 15) is 4.79 Å². The number of esters is 1. The number of allylic oxidation sites excluding steroid dienone is 1. The van der Waals surface area contributed by atoms with Crippen LogP contribution in [0.15, 0.2) is 12.2 Å². The van der Waals surface area contributed by atoms with Gasteiger partial charge in [-0.15, -0.1) is 0 Å². The van der Waals surface area contributed by atoms with E-state index in [1.807, 2.05) is 0 Å². The monoisotopic (exact) mass is 235 g/mol. The van der Waals surface area contributed by atoms with Crippen molar-refractivity contribution in [1.29, 1.82) is 0 Å². The molecule has 0 saturated heterocycles. The minimum atomic E-state index is -0.241. The molecular weight excluding hydrogens is 214 g/mol. The molecule has 0 rings (SSSR count). The fraction of sp³-hybridized carbons (Fsp3) is 0.727. The van der Waals surface area contributed by atoms with Crippen molar-refractivity contribution in [3.63, 3.8) is 0 Å². The third kappa shape index (κ3) is 9.76. The van der Waals surface area contributed by atoms with Crippen molar-refractivity contribution in [3.05, 3.63) is 12.2 Å². The summed E-state index contributed by atoms with van der Waals surface area (Å²) in [6.45, 7) is 6.62. The summed E-state index contributed by atoms with van der Waals surface area (Å²) in [5.41, 5.74) is 0. The zero-order chi connectivity index (χ0) is 11.0. The van der Waals surface area contributed by atoms with Gasteiger partial charge in [0.15, 0.2) is 0 Å². The molecule has 90 valence electrons. The van der Waals surface area contributed by atoms with E-state index in [0.29, 0.717) is 6.61 Å². The number of quaternary nitrogens is 1. The normalized spacial score (nSPS) is 11.2. The number of rotatable bonds is 6. The van der Waals surface area contributed by atoms with Crippen molar-refractivity contribution in [3.8, 4) is 0 Å². The van der Waals surface area contributed by atoms with Gasteiger partial charge in [0.2, 0.25) is 0 Å². The smallest absolute Gasteiger partial charge is 0.330 e. The molecular formula is C11H22ClNO2. The molecule has 0 unspecified atom stereocenters. The van der Waals surface area contributed by atoms with E-state index >= 15 is 0 Å². The van der Waals surface area contributed by atoms with E-state index in [1.165, 1.54) is 6.08 Å². The molecule has 0 aromatic heterocycles. The van der Waals surface area contributed by atoms with E-state index in [0.717, 1.165) is 24.0 Å². The van der Waals surface area contributed by atoms with Crippen LogP contribution >= 0.6 is 0 Å². The fourth-order valence-corrected chi connectivity index (χ4v) is 1.01. The molecule has 0 radical (unpaired) electrons. The van der Waals surface area contributed by atoms with E-state index in [-0.39, 0.29) is 18.4 Å². The molecule has 3 nitrogen and oxygen atoms in total. The van der Waals surface area contributed by atoms with Gasteiger partial charge in [0.1, 0.15) is 0 Å². The Morgan fingerprint density at radius 2 is 2.00 bits per heavy atom. The first-order chi connectivity index (χ1) is 6.52. The Labute approximate surface area is 99.1 Å². The third-order valence-electron chi connectivity index (χ3n) is 2.31. The summed E-state index contributed by atoms with van der Waals surface area (Å²) in [6, 6.07) is 0. The van der Waals surface area contributed by atoms with Crippen molar-refractivity contribution in [2.24, 2.45) is 0 Å². The second-order valence-electron chi connectivity index (χ2n) is 4.00. The Hall–Kier alpha value is -0.540. The van der Waals surface area contributed by atoms with Gasteiger partial charge in [0, 0.05) is 12.5 Å². The van der Waals surface area contributed by atoms with E-state index in [4.69, 9.17) is 4.74 Å². The van der Waals surface area contributed by atoms with Crippen LogP contribution in [0, 0.1) is 0 Å². The number of hydrogen-bond acceptors (Lipinski definition) is 2. The summed E-state index contributed by atoms with van der Waals surface area (Å²) >= 11 is 0. The molecule has 0 bridgehead atoms. The lowest BCUT2D eigenvalue weighted by atomic mass is 10.3. The molecule has 0 aromatic carbocycles. The van der Waals surface area contributed by atoms with Crippen LogP contribution in [0.2, 0.25) is 0 Å². The lowest BCUT2D eigenvalue weighted by Gasteiger charge is -2.27. The number of carbonyl (C=O) groups is 1. The third-order valence-corrected chi connectivity index (χ3v) is 2.31. The molecule has 0 aromatic rings. The van der Waals surface area contributed by atoms with Crippen molar-refractivity contribution in [2.75, 3.05) is 33.8 Å². The Bertz CT molecular complexity index is 203. The summed E-state index contributed by atoms with van der Waals surface area (Å²) in [6.07, 6.45) is 4.05. The maximum absolute atomic E-state index is 10.9. The van der Waals surface area contributed by atoms with Crippen LogP contribution in [0.4, 0.5) is 0 Å². The number of ether oxygens (including phenoxy) is 1. The highest BCUT2D eigenvalue weighted by molar-refractivity contribution is 5.81. The Morgan fingerprint density at radius 1 is 1.40 bits per heavy atom. The summed E-state index contributed by atoms with van der Waals surface area (Å²) in [5, 5.41) is 0. The number of nitrogens with zero attached hydrogens (tertiary/aromatic N) is 1. The van der Waals surface area contributed by atoms with Crippen LogP contribution in [0.1, 0.15) is 20.3 Å². The highest BCUT2D eigenvalue weighted by atomic mass is 35.5. The molecule has 0 aliphatic carbocycles.